The number of amides is 1. The molecule has 0 saturated carbocycles. The van der Waals surface area contributed by atoms with Gasteiger partial charge in [-0.1, -0.05) is 99.6 Å². The van der Waals surface area contributed by atoms with Gasteiger partial charge in [0.25, 0.3) is 0 Å². The molecule has 0 spiro atoms. The number of hydrogen-bond donors (Lipinski definition) is 0. The number of ether oxygens (including phenoxy) is 1. The molecule has 0 radical (unpaired) electrons. The van der Waals surface area contributed by atoms with E-state index in [0.29, 0.717) is 13.0 Å². The molecule has 5 nitrogen and oxygen atoms in total. The third-order valence-corrected chi connectivity index (χ3v) is 7.35. The highest BCUT2D eigenvalue weighted by Gasteiger charge is 2.44. The molecule has 0 N–H and O–H groups in total. The van der Waals surface area contributed by atoms with E-state index in [1.54, 1.807) is 11.8 Å². The fraction of sp³-hybridized carbons (Fsp3) is 0.333. The second kappa shape index (κ2) is 10.5. The third-order valence-electron chi connectivity index (χ3n) is 7.35. The molecule has 1 aromatic heterocycles. The number of esters is 1. The average Bonchev–Trinajstić information content (AvgIpc) is 3.20. The van der Waals surface area contributed by atoms with Gasteiger partial charge in [-0.2, -0.15) is 0 Å². The Balaban J connectivity index is 1.62. The van der Waals surface area contributed by atoms with Crippen LogP contribution in [0.5, 0.6) is 0 Å². The Bertz CT molecular complexity index is 1430. The molecule has 0 fully saturated rings. The van der Waals surface area contributed by atoms with Crippen molar-refractivity contribution in [2.24, 2.45) is 5.41 Å². The highest BCUT2D eigenvalue weighted by atomic mass is 16.5. The van der Waals surface area contributed by atoms with Gasteiger partial charge in [0.1, 0.15) is 12.6 Å². The maximum absolute atomic E-state index is 13.6. The summed E-state index contributed by atoms with van der Waals surface area (Å²) in [5.74, 6) is -0.461. The van der Waals surface area contributed by atoms with Gasteiger partial charge in [-0.25, -0.2) is 4.79 Å². The summed E-state index contributed by atoms with van der Waals surface area (Å²) in [5.41, 5.74) is 5.46. The topological polar surface area (TPSA) is 51.5 Å². The number of rotatable bonds is 6. The van der Waals surface area contributed by atoms with E-state index < -0.39 is 6.04 Å². The summed E-state index contributed by atoms with van der Waals surface area (Å²) in [5, 5.41) is 1.14. The minimum Gasteiger partial charge on any atom is -0.459 e. The minimum atomic E-state index is -0.674. The number of carbonyl (C=O) groups is 2. The Hall–Kier alpha value is -3.86. The molecule has 2 heterocycles. The molecule has 0 saturated heterocycles. The summed E-state index contributed by atoms with van der Waals surface area (Å²) in [7, 11) is 0. The van der Waals surface area contributed by atoms with E-state index in [1.807, 2.05) is 42.5 Å². The summed E-state index contributed by atoms with van der Waals surface area (Å²) in [6.45, 7) is 9.02. The van der Waals surface area contributed by atoms with Gasteiger partial charge in [-0.15, -0.1) is 0 Å². The van der Waals surface area contributed by atoms with Crippen molar-refractivity contribution in [1.29, 1.82) is 0 Å². The minimum absolute atomic E-state index is 0.0699. The Labute approximate surface area is 225 Å². The largest absolute Gasteiger partial charge is 0.459 e. The number of hydrogen-bond acceptors (Lipinski definition) is 3. The van der Waals surface area contributed by atoms with Crippen LogP contribution in [-0.4, -0.2) is 27.4 Å². The average molecular weight is 509 g/mol. The molecule has 3 aromatic carbocycles. The first-order valence-electron chi connectivity index (χ1n) is 13.4. The molecule has 38 heavy (non-hydrogen) atoms. The van der Waals surface area contributed by atoms with Crippen molar-refractivity contribution in [3.63, 3.8) is 0 Å². The van der Waals surface area contributed by atoms with Crippen molar-refractivity contribution in [3.05, 3.63) is 107 Å². The molecule has 1 aliphatic rings. The SMILES string of the molecule is CC(=O)N1[C@H](CC(C)(C)C)c2c(c3ccccc3n2Cc2ccccc2)C[C@H]1C(=O)OCc1ccccc1. The van der Waals surface area contributed by atoms with E-state index in [4.69, 9.17) is 4.74 Å². The second-order valence-corrected chi connectivity index (χ2v) is 11.5. The zero-order chi connectivity index (χ0) is 26.9. The molecule has 0 bridgehead atoms. The lowest BCUT2D eigenvalue weighted by Gasteiger charge is -2.43. The summed E-state index contributed by atoms with van der Waals surface area (Å²) in [6, 6.07) is 27.6. The van der Waals surface area contributed by atoms with Crippen molar-refractivity contribution < 1.29 is 14.3 Å². The van der Waals surface area contributed by atoms with Gasteiger partial charge in [0.05, 0.1) is 6.04 Å². The monoisotopic (exact) mass is 508 g/mol. The van der Waals surface area contributed by atoms with Crippen LogP contribution >= 0.6 is 0 Å². The molecule has 1 aliphatic heterocycles. The Kier molecular flexibility index (Phi) is 7.11. The fourth-order valence-corrected chi connectivity index (χ4v) is 5.80. The maximum Gasteiger partial charge on any atom is 0.329 e. The number of carbonyl (C=O) groups excluding carboxylic acids is 2. The van der Waals surface area contributed by atoms with Crippen LogP contribution in [0.3, 0.4) is 0 Å². The highest BCUT2D eigenvalue weighted by Crippen LogP contribution is 2.45. The van der Waals surface area contributed by atoms with Gasteiger partial charge in [0, 0.05) is 36.5 Å². The zero-order valence-electron chi connectivity index (χ0n) is 22.7. The molecule has 196 valence electrons. The number of benzene rings is 3. The fourth-order valence-electron chi connectivity index (χ4n) is 5.80. The van der Waals surface area contributed by atoms with Crippen LogP contribution in [0.15, 0.2) is 84.9 Å². The van der Waals surface area contributed by atoms with Gasteiger partial charge in [-0.3, -0.25) is 4.79 Å². The van der Waals surface area contributed by atoms with Crippen molar-refractivity contribution in [1.82, 2.24) is 9.47 Å². The van der Waals surface area contributed by atoms with Crippen LogP contribution in [0.4, 0.5) is 0 Å². The second-order valence-electron chi connectivity index (χ2n) is 11.5. The Morgan fingerprint density at radius 1 is 0.868 bits per heavy atom. The van der Waals surface area contributed by atoms with E-state index in [-0.39, 0.29) is 29.9 Å². The number of aromatic nitrogens is 1. The van der Waals surface area contributed by atoms with Gasteiger partial charge in [0.15, 0.2) is 0 Å². The Morgan fingerprint density at radius 2 is 1.47 bits per heavy atom. The van der Waals surface area contributed by atoms with Crippen molar-refractivity contribution in [3.8, 4) is 0 Å². The molecular weight excluding hydrogens is 472 g/mol. The van der Waals surface area contributed by atoms with Crippen LogP contribution in [0.1, 0.15) is 62.5 Å². The predicted molar refractivity (Wildman–Crippen MR) is 151 cm³/mol. The van der Waals surface area contributed by atoms with E-state index >= 15 is 0 Å². The van der Waals surface area contributed by atoms with Crippen LogP contribution in [0.25, 0.3) is 10.9 Å². The molecule has 5 rings (SSSR count). The number of para-hydroxylation sites is 1. The molecule has 5 heteroatoms. The summed E-state index contributed by atoms with van der Waals surface area (Å²) in [6.07, 6.45) is 1.17. The Morgan fingerprint density at radius 3 is 2.11 bits per heavy atom. The number of nitrogens with zero attached hydrogens (tertiary/aromatic N) is 2. The van der Waals surface area contributed by atoms with E-state index in [2.05, 4.69) is 67.8 Å². The number of fused-ring (bicyclic) bond motifs is 3. The molecular formula is C33H36N2O3. The van der Waals surface area contributed by atoms with Crippen molar-refractivity contribution >= 4 is 22.8 Å². The van der Waals surface area contributed by atoms with E-state index in [0.717, 1.165) is 34.1 Å². The lowest BCUT2D eigenvalue weighted by molar-refractivity contribution is -0.159. The van der Waals surface area contributed by atoms with E-state index in [1.165, 1.54) is 5.56 Å². The van der Waals surface area contributed by atoms with Gasteiger partial charge < -0.3 is 14.2 Å². The smallest absolute Gasteiger partial charge is 0.329 e. The van der Waals surface area contributed by atoms with Crippen LogP contribution in [0.2, 0.25) is 0 Å². The zero-order valence-corrected chi connectivity index (χ0v) is 22.7. The first kappa shape index (κ1) is 25.8. The quantitative estimate of drug-likeness (QED) is 0.273. The first-order valence-corrected chi connectivity index (χ1v) is 13.4. The van der Waals surface area contributed by atoms with Gasteiger partial charge in [-0.05, 0) is 34.6 Å². The summed E-state index contributed by atoms with van der Waals surface area (Å²) >= 11 is 0. The molecule has 1 amide bonds. The summed E-state index contributed by atoms with van der Waals surface area (Å²) in [4.78, 5) is 28.7. The lowest BCUT2D eigenvalue weighted by atomic mass is 9.81. The molecule has 0 aliphatic carbocycles. The van der Waals surface area contributed by atoms with Crippen LogP contribution in [0, 0.1) is 5.41 Å². The standard InChI is InChI=1S/C33H36N2O3/c1-23(36)35-29(32(37)38-22-25-15-9-6-10-16-25)19-27-26-17-11-12-18-28(26)34(21-24-13-7-5-8-14-24)31(27)30(35)20-33(2,3)4/h5-18,29-30H,19-22H2,1-4H3/t29-,30+/m0/s1. The van der Waals surface area contributed by atoms with Crippen LogP contribution in [-0.2, 0) is 33.9 Å². The van der Waals surface area contributed by atoms with Crippen LogP contribution < -0.4 is 0 Å². The molecule has 4 aromatic rings. The normalized spacial score (nSPS) is 17.3. The van der Waals surface area contributed by atoms with Gasteiger partial charge in [0.2, 0.25) is 5.91 Å². The molecule has 0 unspecified atom stereocenters. The van der Waals surface area contributed by atoms with Gasteiger partial charge >= 0.3 is 5.97 Å². The highest BCUT2D eigenvalue weighted by molar-refractivity contribution is 5.90. The first-order chi connectivity index (χ1) is 18.2. The third kappa shape index (κ3) is 5.24. The summed E-state index contributed by atoms with van der Waals surface area (Å²) < 4.78 is 8.18. The predicted octanol–water partition coefficient (Wildman–Crippen LogP) is 6.68. The maximum atomic E-state index is 13.6. The van der Waals surface area contributed by atoms with Crippen molar-refractivity contribution in [2.45, 2.75) is 65.8 Å². The lowest BCUT2D eigenvalue weighted by Crippen LogP contribution is -2.52. The van der Waals surface area contributed by atoms with E-state index in [9.17, 15) is 9.59 Å². The van der Waals surface area contributed by atoms with Crippen molar-refractivity contribution in [2.75, 3.05) is 0 Å². The molecule has 2 atom stereocenters.